The topological polar surface area (TPSA) is 75.7 Å². The number of allylic oxidation sites excluding steroid dienone is 1. The van der Waals surface area contributed by atoms with Crippen LogP contribution in [0.15, 0.2) is 29.8 Å². The Balaban J connectivity index is 1.34. The number of anilines is 1. The maximum atomic E-state index is 12.9. The molecule has 1 saturated carbocycles. The van der Waals surface area contributed by atoms with Crippen LogP contribution in [0.3, 0.4) is 0 Å². The number of hydrogen-bond acceptors (Lipinski definition) is 4. The van der Waals surface area contributed by atoms with Crippen LogP contribution in [0.25, 0.3) is 0 Å². The Morgan fingerprint density at radius 2 is 1.86 bits per heavy atom. The van der Waals surface area contributed by atoms with Crippen LogP contribution >= 0.6 is 0 Å². The summed E-state index contributed by atoms with van der Waals surface area (Å²) in [6, 6.07) is 5.18. The maximum Gasteiger partial charge on any atom is 0.262 e. The second kappa shape index (κ2) is 8.39. The predicted molar refractivity (Wildman–Crippen MR) is 110 cm³/mol. The quantitative estimate of drug-likeness (QED) is 0.626. The summed E-state index contributed by atoms with van der Waals surface area (Å²) in [6.07, 6.45) is 7.57. The van der Waals surface area contributed by atoms with E-state index in [2.05, 4.69) is 12.2 Å². The van der Waals surface area contributed by atoms with Crippen molar-refractivity contribution in [3.8, 4) is 5.75 Å². The molecule has 1 aromatic rings. The summed E-state index contributed by atoms with van der Waals surface area (Å²) in [5.41, 5.74) is 2.40. The van der Waals surface area contributed by atoms with Gasteiger partial charge in [-0.15, -0.1) is 0 Å². The summed E-state index contributed by atoms with van der Waals surface area (Å²) < 4.78 is 5.35. The summed E-state index contributed by atoms with van der Waals surface area (Å²) in [7, 11) is 0. The van der Waals surface area contributed by atoms with Crippen molar-refractivity contribution in [1.29, 1.82) is 0 Å². The third-order valence-electron chi connectivity index (χ3n) is 6.32. The minimum Gasteiger partial charge on any atom is -0.482 e. The minimum atomic E-state index is -0.213. The molecule has 2 fully saturated rings. The molecule has 154 valence electrons. The van der Waals surface area contributed by atoms with Crippen molar-refractivity contribution >= 4 is 23.3 Å². The van der Waals surface area contributed by atoms with Crippen molar-refractivity contribution in [1.82, 2.24) is 4.90 Å². The molecule has 4 rings (SSSR count). The van der Waals surface area contributed by atoms with E-state index in [1.165, 1.54) is 18.4 Å². The molecule has 2 amide bonds. The van der Waals surface area contributed by atoms with Gasteiger partial charge >= 0.3 is 0 Å². The fraction of sp³-hybridized carbons (Fsp3) is 0.522. The van der Waals surface area contributed by atoms with Gasteiger partial charge in [0.25, 0.3) is 5.91 Å². The van der Waals surface area contributed by atoms with Crippen molar-refractivity contribution in [2.45, 2.75) is 45.4 Å². The monoisotopic (exact) mass is 396 g/mol. The summed E-state index contributed by atoms with van der Waals surface area (Å²) in [6.45, 7) is 3.49. The predicted octanol–water partition coefficient (Wildman–Crippen LogP) is 3.58. The lowest BCUT2D eigenvalue weighted by Gasteiger charge is -2.31. The molecule has 1 aromatic carbocycles. The normalized spacial score (nSPS) is 22.4. The summed E-state index contributed by atoms with van der Waals surface area (Å²) in [4.78, 5) is 38.9. The van der Waals surface area contributed by atoms with Crippen LogP contribution in [0.1, 0.15) is 55.8 Å². The second-order valence-corrected chi connectivity index (χ2v) is 8.50. The number of ether oxygens (including phenoxy) is 1. The number of nitrogens with zero attached hydrogens (tertiary/aromatic N) is 1. The van der Waals surface area contributed by atoms with E-state index in [1.807, 2.05) is 11.0 Å². The zero-order chi connectivity index (χ0) is 20.4. The number of likely N-dealkylation sites (tertiary alicyclic amines) is 1. The zero-order valence-corrected chi connectivity index (χ0v) is 16.9. The van der Waals surface area contributed by atoms with Crippen molar-refractivity contribution < 1.29 is 19.1 Å². The maximum absolute atomic E-state index is 12.9. The summed E-state index contributed by atoms with van der Waals surface area (Å²) >= 11 is 0. The first-order valence-electron chi connectivity index (χ1n) is 10.6. The number of ketones is 1. The standard InChI is InChI=1S/C23H28N2O4/c1-15-2-4-16(5-3-15)12-22(27)25-10-8-17(9-11-25)23(28)18-6-7-20-19(13-18)24-21(26)14-29-20/h6-7,12-13,15,17H,2-5,8-11,14H2,1H3,(H,24,26). The van der Waals surface area contributed by atoms with E-state index in [-0.39, 0.29) is 30.1 Å². The Morgan fingerprint density at radius 3 is 2.59 bits per heavy atom. The fourth-order valence-corrected chi connectivity index (χ4v) is 4.38. The van der Waals surface area contributed by atoms with Gasteiger partial charge in [-0.05, 0) is 62.6 Å². The van der Waals surface area contributed by atoms with Crippen LogP contribution in [0, 0.1) is 11.8 Å². The molecule has 0 spiro atoms. The van der Waals surface area contributed by atoms with Gasteiger partial charge < -0.3 is 15.0 Å². The number of nitrogens with one attached hydrogen (secondary N) is 1. The number of hydrogen-bond donors (Lipinski definition) is 1. The molecule has 6 nitrogen and oxygen atoms in total. The lowest BCUT2D eigenvalue weighted by Crippen LogP contribution is -2.39. The van der Waals surface area contributed by atoms with Gasteiger partial charge in [0, 0.05) is 30.6 Å². The largest absolute Gasteiger partial charge is 0.482 e. The van der Waals surface area contributed by atoms with Crippen LogP contribution in [0.2, 0.25) is 0 Å². The van der Waals surface area contributed by atoms with Crippen LogP contribution in [0.5, 0.6) is 5.75 Å². The lowest BCUT2D eigenvalue weighted by atomic mass is 9.86. The van der Waals surface area contributed by atoms with Crippen molar-refractivity contribution in [2.75, 3.05) is 25.0 Å². The molecule has 0 aromatic heterocycles. The van der Waals surface area contributed by atoms with Gasteiger partial charge in [-0.2, -0.15) is 0 Å². The first kappa shape index (κ1) is 19.7. The van der Waals surface area contributed by atoms with Gasteiger partial charge in [0.1, 0.15) is 5.75 Å². The molecule has 0 bridgehead atoms. The molecule has 1 saturated heterocycles. The fourth-order valence-electron chi connectivity index (χ4n) is 4.38. The van der Waals surface area contributed by atoms with E-state index in [0.29, 0.717) is 42.9 Å². The van der Waals surface area contributed by atoms with Gasteiger partial charge in [0.15, 0.2) is 12.4 Å². The van der Waals surface area contributed by atoms with Gasteiger partial charge in [0.05, 0.1) is 5.69 Å². The molecule has 0 unspecified atom stereocenters. The number of amides is 2. The summed E-state index contributed by atoms with van der Waals surface area (Å²) in [5.74, 6) is 1.20. The number of carbonyl (C=O) groups excluding carboxylic acids is 3. The highest BCUT2D eigenvalue weighted by Crippen LogP contribution is 2.31. The van der Waals surface area contributed by atoms with Gasteiger partial charge in [-0.3, -0.25) is 14.4 Å². The highest BCUT2D eigenvalue weighted by atomic mass is 16.5. The summed E-state index contributed by atoms with van der Waals surface area (Å²) in [5, 5.41) is 2.75. The number of Topliss-reactive ketones (excluding diaryl/α,β-unsaturated/α-hetero) is 1. The molecule has 1 aliphatic carbocycles. The molecule has 0 atom stereocenters. The van der Waals surface area contributed by atoms with E-state index in [4.69, 9.17) is 4.74 Å². The van der Waals surface area contributed by atoms with Crippen LogP contribution < -0.4 is 10.1 Å². The molecule has 2 heterocycles. The van der Waals surface area contributed by atoms with Crippen LogP contribution in [-0.2, 0) is 9.59 Å². The number of piperidine rings is 1. The minimum absolute atomic E-state index is 0.00195. The molecule has 2 aliphatic heterocycles. The SMILES string of the molecule is CC1CCC(=CC(=O)N2CCC(C(=O)c3ccc4c(c3)NC(=O)CO4)CC2)CC1. The van der Waals surface area contributed by atoms with E-state index >= 15 is 0 Å². The van der Waals surface area contributed by atoms with E-state index in [1.54, 1.807) is 18.2 Å². The Kier molecular flexibility index (Phi) is 5.69. The molecule has 6 heteroatoms. The highest BCUT2D eigenvalue weighted by molar-refractivity contribution is 6.02. The molecule has 0 radical (unpaired) electrons. The molecule has 29 heavy (non-hydrogen) atoms. The smallest absolute Gasteiger partial charge is 0.262 e. The molecular weight excluding hydrogens is 368 g/mol. The van der Waals surface area contributed by atoms with Crippen LogP contribution in [0.4, 0.5) is 5.69 Å². The molecular formula is C23H28N2O4. The Morgan fingerprint density at radius 1 is 1.14 bits per heavy atom. The number of fused-ring (bicyclic) bond motifs is 1. The number of rotatable bonds is 3. The average molecular weight is 396 g/mol. The highest BCUT2D eigenvalue weighted by Gasteiger charge is 2.28. The van der Waals surface area contributed by atoms with Crippen molar-refractivity contribution in [2.24, 2.45) is 11.8 Å². The van der Waals surface area contributed by atoms with Gasteiger partial charge in [-0.1, -0.05) is 12.5 Å². The van der Waals surface area contributed by atoms with E-state index in [0.717, 1.165) is 18.8 Å². The number of benzene rings is 1. The first-order chi connectivity index (χ1) is 14.0. The Bertz CT molecular complexity index is 842. The van der Waals surface area contributed by atoms with E-state index < -0.39 is 0 Å². The van der Waals surface area contributed by atoms with Crippen molar-refractivity contribution in [3.05, 3.63) is 35.4 Å². The van der Waals surface area contributed by atoms with E-state index in [9.17, 15) is 14.4 Å². The lowest BCUT2D eigenvalue weighted by molar-refractivity contribution is -0.127. The molecule has 1 N–H and O–H groups in total. The Labute approximate surface area is 171 Å². The average Bonchev–Trinajstić information content (AvgIpc) is 2.74. The third kappa shape index (κ3) is 4.52. The molecule has 3 aliphatic rings. The van der Waals surface area contributed by atoms with Gasteiger partial charge in [0.2, 0.25) is 5.91 Å². The number of carbonyl (C=O) groups is 3. The van der Waals surface area contributed by atoms with Crippen molar-refractivity contribution in [3.63, 3.8) is 0 Å². The first-order valence-corrected chi connectivity index (χ1v) is 10.6. The second-order valence-electron chi connectivity index (χ2n) is 8.50. The zero-order valence-electron chi connectivity index (χ0n) is 16.9. The Hall–Kier alpha value is -2.63. The van der Waals surface area contributed by atoms with Gasteiger partial charge in [-0.25, -0.2) is 0 Å². The van der Waals surface area contributed by atoms with Crippen LogP contribution in [-0.4, -0.2) is 42.2 Å². The third-order valence-corrected chi connectivity index (χ3v) is 6.32.